The standard InChI is InChI=1S/C15H10ClFN6O2/c16-13-11(6-3-7-18-13)22-15-12(23(24)25)14(19-8-20-15)21-10-5-2-1-4-9(10)17/h1-8H,(H2,19,20,21,22). The van der Waals surface area contributed by atoms with Gasteiger partial charge in [0, 0.05) is 6.20 Å². The Labute approximate surface area is 145 Å². The number of benzene rings is 1. The molecule has 0 bridgehead atoms. The van der Waals surface area contributed by atoms with E-state index in [4.69, 9.17) is 11.6 Å². The third-order valence-corrected chi connectivity index (χ3v) is 3.45. The van der Waals surface area contributed by atoms with Crippen molar-refractivity contribution in [2.75, 3.05) is 10.6 Å². The Bertz CT molecular complexity index is 874. The Morgan fingerprint density at radius 1 is 1.00 bits per heavy atom. The first-order valence-electron chi connectivity index (χ1n) is 6.94. The van der Waals surface area contributed by atoms with Crippen LogP contribution >= 0.6 is 11.6 Å². The van der Waals surface area contributed by atoms with Crippen LogP contribution in [-0.4, -0.2) is 19.9 Å². The van der Waals surface area contributed by atoms with Gasteiger partial charge in [0.05, 0.1) is 16.3 Å². The van der Waals surface area contributed by atoms with Gasteiger partial charge in [-0.05, 0) is 24.3 Å². The predicted molar refractivity (Wildman–Crippen MR) is 90.9 cm³/mol. The number of hydrogen-bond donors (Lipinski definition) is 2. The molecule has 126 valence electrons. The quantitative estimate of drug-likeness (QED) is 0.401. The smallest absolute Gasteiger partial charge is 0.332 e. The summed E-state index contributed by atoms with van der Waals surface area (Å²) < 4.78 is 13.8. The van der Waals surface area contributed by atoms with Crippen molar-refractivity contribution >= 4 is 40.3 Å². The lowest BCUT2D eigenvalue weighted by molar-refractivity contribution is -0.383. The SMILES string of the molecule is O=[N+]([O-])c1c(Nc2ccccc2F)ncnc1Nc1cccnc1Cl. The zero-order valence-corrected chi connectivity index (χ0v) is 13.2. The molecule has 0 unspecified atom stereocenters. The van der Waals surface area contributed by atoms with Crippen LogP contribution in [0.15, 0.2) is 48.9 Å². The maximum atomic E-state index is 13.8. The van der Waals surface area contributed by atoms with Gasteiger partial charge in [-0.1, -0.05) is 23.7 Å². The zero-order chi connectivity index (χ0) is 17.8. The van der Waals surface area contributed by atoms with Crippen LogP contribution < -0.4 is 10.6 Å². The van der Waals surface area contributed by atoms with Crippen LogP contribution in [0.4, 0.5) is 33.1 Å². The fraction of sp³-hybridized carbons (Fsp3) is 0. The molecule has 0 aliphatic rings. The normalized spacial score (nSPS) is 10.3. The molecule has 0 atom stereocenters. The van der Waals surface area contributed by atoms with Crippen LogP contribution in [0.25, 0.3) is 0 Å². The van der Waals surface area contributed by atoms with Gasteiger partial charge in [0.1, 0.15) is 12.1 Å². The van der Waals surface area contributed by atoms with E-state index >= 15 is 0 Å². The first kappa shape index (κ1) is 16.5. The van der Waals surface area contributed by atoms with Crippen LogP contribution in [0.2, 0.25) is 5.15 Å². The van der Waals surface area contributed by atoms with E-state index in [1.807, 2.05) is 0 Å². The second kappa shape index (κ2) is 7.05. The maximum absolute atomic E-state index is 13.8. The number of hydrogen-bond acceptors (Lipinski definition) is 7. The van der Waals surface area contributed by atoms with Gasteiger partial charge in [-0.25, -0.2) is 19.3 Å². The maximum Gasteiger partial charge on any atom is 0.353 e. The summed E-state index contributed by atoms with van der Waals surface area (Å²) in [5.41, 5.74) is -0.0665. The van der Waals surface area contributed by atoms with E-state index in [1.54, 1.807) is 18.2 Å². The van der Waals surface area contributed by atoms with Crippen molar-refractivity contribution in [1.29, 1.82) is 0 Å². The molecule has 0 fully saturated rings. The molecule has 2 heterocycles. The highest BCUT2D eigenvalue weighted by molar-refractivity contribution is 6.32. The van der Waals surface area contributed by atoms with Crippen molar-refractivity contribution < 1.29 is 9.31 Å². The van der Waals surface area contributed by atoms with Gasteiger partial charge in [-0.15, -0.1) is 0 Å². The Morgan fingerprint density at radius 3 is 2.28 bits per heavy atom. The summed E-state index contributed by atoms with van der Waals surface area (Å²) in [7, 11) is 0. The monoisotopic (exact) mass is 360 g/mol. The van der Waals surface area contributed by atoms with Gasteiger partial charge in [0.15, 0.2) is 5.15 Å². The first-order chi connectivity index (χ1) is 12.1. The molecular formula is C15H10ClFN6O2. The van der Waals surface area contributed by atoms with Gasteiger partial charge in [-0.2, -0.15) is 0 Å². The Kier molecular flexibility index (Phi) is 4.66. The van der Waals surface area contributed by atoms with Crippen LogP contribution in [0.1, 0.15) is 0 Å². The highest BCUT2D eigenvalue weighted by Gasteiger charge is 2.24. The third kappa shape index (κ3) is 3.61. The van der Waals surface area contributed by atoms with Crippen LogP contribution in [0.5, 0.6) is 0 Å². The molecule has 0 radical (unpaired) electrons. The molecule has 0 saturated carbocycles. The molecular weight excluding hydrogens is 351 g/mol. The molecule has 1 aromatic carbocycles. The van der Waals surface area contributed by atoms with E-state index < -0.39 is 16.4 Å². The highest BCUT2D eigenvalue weighted by atomic mass is 35.5. The number of rotatable bonds is 5. The molecule has 3 rings (SSSR count). The second-order valence-corrected chi connectivity index (χ2v) is 5.11. The third-order valence-electron chi connectivity index (χ3n) is 3.14. The molecule has 3 aromatic rings. The number of nitrogens with one attached hydrogen (secondary N) is 2. The summed E-state index contributed by atoms with van der Waals surface area (Å²) in [6.45, 7) is 0. The predicted octanol–water partition coefficient (Wildman–Crippen LogP) is 4.06. The summed E-state index contributed by atoms with van der Waals surface area (Å²) in [5.74, 6) is -0.832. The fourth-order valence-corrected chi connectivity index (χ4v) is 2.20. The average molecular weight is 361 g/mol. The molecule has 0 aliphatic heterocycles. The Morgan fingerprint density at radius 2 is 1.64 bits per heavy atom. The second-order valence-electron chi connectivity index (χ2n) is 4.75. The highest BCUT2D eigenvalue weighted by Crippen LogP contribution is 2.34. The van der Waals surface area contributed by atoms with E-state index in [0.29, 0.717) is 5.69 Å². The molecule has 0 aliphatic carbocycles. The lowest BCUT2D eigenvalue weighted by Crippen LogP contribution is -2.06. The summed E-state index contributed by atoms with van der Waals surface area (Å²) in [5, 5.41) is 17.0. The number of nitrogens with zero attached hydrogens (tertiary/aromatic N) is 4. The number of nitro groups is 1. The lowest BCUT2D eigenvalue weighted by atomic mass is 10.3. The first-order valence-corrected chi connectivity index (χ1v) is 7.32. The largest absolute Gasteiger partial charge is 0.353 e. The number of pyridine rings is 1. The lowest BCUT2D eigenvalue weighted by Gasteiger charge is -2.11. The topological polar surface area (TPSA) is 106 Å². The van der Waals surface area contributed by atoms with Crippen LogP contribution in [-0.2, 0) is 0 Å². The van der Waals surface area contributed by atoms with Crippen LogP contribution in [0, 0.1) is 15.9 Å². The zero-order valence-electron chi connectivity index (χ0n) is 12.5. The van der Waals surface area contributed by atoms with Crippen molar-refractivity contribution in [2.24, 2.45) is 0 Å². The van der Waals surface area contributed by atoms with E-state index in [-0.39, 0.29) is 22.5 Å². The van der Waals surface area contributed by atoms with Crippen molar-refractivity contribution in [3.05, 3.63) is 70.0 Å². The molecule has 8 nitrogen and oxygen atoms in total. The van der Waals surface area contributed by atoms with Gasteiger partial charge in [0.25, 0.3) is 0 Å². The summed E-state index contributed by atoms with van der Waals surface area (Å²) >= 11 is 5.94. The summed E-state index contributed by atoms with van der Waals surface area (Å²) in [6.07, 6.45) is 2.59. The van der Waals surface area contributed by atoms with Gasteiger partial charge < -0.3 is 10.6 Å². The Balaban J connectivity index is 2.02. The average Bonchev–Trinajstić information content (AvgIpc) is 2.59. The van der Waals surface area contributed by atoms with Crippen molar-refractivity contribution in [3.8, 4) is 0 Å². The minimum Gasteiger partial charge on any atom is -0.332 e. The van der Waals surface area contributed by atoms with E-state index in [2.05, 4.69) is 25.6 Å². The molecule has 10 heteroatoms. The van der Waals surface area contributed by atoms with Gasteiger partial charge >= 0.3 is 5.69 Å². The molecule has 2 N–H and O–H groups in total. The summed E-state index contributed by atoms with van der Waals surface area (Å²) in [6, 6.07) is 8.96. The van der Waals surface area contributed by atoms with Crippen LogP contribution in [0.3, 0.4) is 0 Å². The van der Waals surface area contributed by atoms with Gasteiger partial charge in [-0.3, -0.25) is 10.1 Å². The minimum atomic E-state index is -0.671. The number of aromatic nitrogens is 3. The molecule has 0 saturated heterocycles. The molecule has 25 heavy (non-hydrogen) atoms. The fourth-order valence-electron chi connectivity index (χ4n) is 2.03. The Hall–Kier alpha value is -3.33. The molecule has 0 spiro atoms. The van der Waals surface area contributed by atoms with E-state index in [0.717, 1.165) is 6.33 Å². The number of anilines is 4. The van der Waals surface area contributed by atoms with E-state index in [9.17, 15) is 14.5 Å². The van der Waals surface area contributed by atoms with Crippen molar-refractivity contribution in [1.82, 2.24) is 15.0 Å². The molecule has 0 amide bonds. The van der Waals surface area contributed by atoms with E-state index in [1.165, 1.54) is 24.4 Å². The van der Waals surface area contributed by atoms with Gasteiger partial charge in [0.2, 0.25) is 11.6 Å². The molecule has 2 aromatic heterocycles. The minimum absolute atomic E-state index is 0.0506. The van der Waals surface area contributed by atoms with Crippen molar-refractivity contribution in [2.45, 2.75) is 0 Å². The number of halogens is 2. The number of para-hydroxylation sites is 1. The summed E-state index contributed by atoms with van der Waals surface area (Å²) in [4.78, 5) is 22.4. The van der Waals surface area contributed by atoms with Crippen molar-refractivity contribution in [3.63, 3.8) is 0 Å².